The van der Waals surface area contributed by atoms with Gasteiger partial charge in [-0.05, 0) is 42.5 Å². The summed E-state index contributed by atoms with van der Waals surface area (Å²) < 4.78 is 19.5. The fraction of sp³-hybridized carbons (Fsp3) is 0.125. The van der Waals surface area contributed by atoms with Gasteiger partial charge in [0.05, 0.1) is 17.4 Å². The van der Waals surface area contributed by atoms with Crippen LogP contribution in [0.25, 0.3) is 0 Å². The summed E-state index contributed by atoms with van der Waals surface area (Å²) in [6, 6.07) is 13.4. The summed E-state index contributed by atoms with van der Waals surface area (Å²) in [5.41, 5.74) is 0.526. The molecule has 6 heteroatoms. The molecule has 0 saturated heterocycles. The van der Waals surface area contributed by atoms with Crippen LogP contribution in [0.5, 0.6) is 0 Å². The van der Waals surface area contributed by atoms with Crippen molar-refractivity contribution in [3.8, 4) is 6.07 Å². The third-order valence-electron chi connectivity index (χ3n) is 2.73. The number of rotatable bonds is 5. The maximum atomic E-state index is 13.5. The highest BCUT2D eigenvalue weighted by atomic mass is 79.9. The molecule has 22 heavy (non-hydrogen) atoms. The molecule has 2 rings (SSSR count). The number of esters is 1. The molecule has 0 atom stereocenters. The maximum absolute atomic E-state index is 13.5. The Balaban J connectivity index is 1.85. The third kappa shape index (κ3) is 4.86. The number of nitrogens with zero attached hydrogens (tertiary/aromatic N) is 1. The first-order valence-electron chi connectivity index (χ1n) is 6.31. The number of thioether (sulfide) groups is 1. The molecule has 0 radical (unpaired) electrons. The molecular formula is C16H11BrFNO2S. The molecule has 0 amide bonds. The molecule has 0 N–H and O–H groups in total. The Morgan fingerprint density at radius 2 is 2.00 bits per heavy atom. The predicted octanol–water partition coefficient (Wildman–Crippen LogP) is 4.30. The van der Waals surface area contributed by atoms with Gasteiger partial charge >= 0.3 is 5.97 Å². The Kier molecular flexibility index (Phi) is 5.99. The zero-order valence-electron chi connectivity index (χ0n) is 11.4. The van der Waals surface area contributed by atoms with Crippen molar-refractivity contribution in [2.75, 3.05) is 5.75 Å². The average molecular weight is 380 g/mol. The summed E-state index contributed by atoms with van der Waals surface area (Å²) in [5, 5.41) is 8.77. The van der Waals surface area contributed by atoms with Gasteiger partial charge in [0.25, 0.3) is 0 Å². The number of benzene rings is 2. The second-order valence-electron chi connectivity index (χ2n) is 4.32. The molecule has 0 aliphatic rings. The quantitative estimate of drug-likeness (QED) is 0.574. The topological polar surface area (TPSA) is 50.1 Å². The molecule has 0 spiro atoms. The van der Waals surface area contributed by atoms with E-state index < -0.39 is 11.8 Å². The smallest absolute Gasteiger partial charge is 0.316 e. The van der Waals surface area contributed by atoms with Crippen molar-refractivity contribution in [3.63, 3.8) is 0 Å². The molecule has 0 unspecified atom stereocenters. The summed E-state index contributed by atoms with van der Waals surface area (Å²) in [6.07, 6.45) is 0. The normalized spacial score (nSPS) is 10.0. The van der Waals surface area contributed by atoms with Gasteiger partial charge in [-0.2, -0.15) is 5.26 Å². The van der Waals surface area contributed by atoms with Crippen molar-refractivity contribution in [2.24, 2.45) is 0 Å². The first-order chi connectivity index (χ1) is 10.6. The van der Waals surface area contributed by atoms with Gasteiger partial charge in [-0.3, -0.25) is 4.79 Å². The summed E-state index contributed by atoms with van der Waals surface area (Å²) >= 11 is 4.68. The number of hydrogen-bond donors (Lipinski definition) is 0. The lowest BCUT2D eigenvalue weighted by Crippen LogP contribution is -2.08. The Bertz CT molecular complexity index is 713. The highest BCUT2D eigenvalue weighted by Crippen LogP contribution is 2.21. The standard InChI is InChI=1S/C16H11BrFNO2S/c17-13-2-4-14(5-3-13)22-10-16(20)21-9-12-7-11(8-19)1-6-15(12)18/h1-7H,9-10H2. The number of halogens is 2. The number of carbonyl (C=O) groups excluding carboxylic acids is 1. The van der Waals surface area contributed by atoms with Crippen LogP contribution < -0.4 is 0 Å². The van der Waals surface area contributed by atoms with Gasteiger partial charge in [-0.15, -0.1) is 11.8 Å². The largest absolute Gasteiger partial charge is 0.460 e. The Labute approximate surface area is 140 Å². The van der Waals surface area contributed by atoms with Gasteiger partial charge in [-0.25, -0.2) is 4.39 Å². The van der Waals surface area contributed by atoms with Gasteiger partial charge in [0.2, 0.25) is 0 Å². The number of hydrogen-bond acceptors (Lipinski definition) is 4. The summed E-state index contributed by atoms with van der Waals surface area (Å²) in [5.74, 6) is -0.789. The van der Waals surface area contributed by atoms with E-state index in [1.54, 1.807) is 0 Å². The van der Waals surface area contributed by atoms with Crippen LogP contribution in [0.2, 0.25) is 0 Å². The van der Waals surface area contributed by atoms with Crippen LogP contribution >= 0.6 is 27.7 Å². The van der Waals surface area contributed by atoms with Crippen LogP contribution in [0.4, 0.5) is 4.39 Å². The highest BCUT2D eigenvalue weighted by molar-refractivity contribution is 9.10. The lowest BCUT2D eigenvalue weighted by atomic mass is 10.1. The van der Waals surface area contributed by atoms with Crippen LogP contribution in [0.3, 0.4) is 0 Å². The fourth-order valence-electron chi connectivity index (χ4n) is 1.63. The lowest BCUT2D eigenvalue weighted by Gasteiger charge is -2.06. The number of ether oxygens (including phenoxy) is 1. The molecule has 0 aromatic heterocycles. The average Bonchev–Trinajstić information content (AvgIpc) is 2.53. The van der Waals surface area contributed by atoms with Gasteiger partial charge in [0.15, 0.2) is 0 Å². The molecule has 0 heterocycles. The molecule has 0 bridgehead atoms. The van der Waals surface area contributed by atoms with E-state index >= 15 is 0 Å². The van der Waals surface area contributed by atoms with Crippen LogP contribution in [0, 0.1) is 17.1 Å². The zero-order valence-corrected chi connectivity index (χ0v) is 13.8. The maximum Gasteiger partial charge on any atom is 0.316 e. The van der Waals surface area contributed by atoms with Gasteiger partial charge in [-0.1, -0.05) is 15.9 Å². The van der Waals surface area contributed by atoms with Gasteiger partial charge in [0, 0.05) is 14.9 Å². The van der Waals surface area contributed by atoms with Crippen molar-refractivity contribution >= 4 is 33.7 Å². The molecule has 0 fully saturated rings. The number of carbonyl (C=O) groups is 1. The monoisotopic (exact) mass is 379 g/mol. The van der Waals surface area contributed by atoms with Crippen molar-refractivity contribution in [2.45, 2.75) is 11.5 Å². The van der Waals surface area contributed by atoms with Crippen LogP contribution in [0.15, 0.2) is 51.8 Å². The molecule has 0 saturated carbocycles. The van der Waals surface area contributed by atoms with Crippen LogP contribution in [-0.4, -0.2) is 11.7 Å². The van der Waals surface area contributed by atoms with Crippen molar-refractivity contribution < 1.29 is 13.9 Å². The molecule has 0 aliphatic heterocycles. The van der Waals surface area contributed by atoms with E-state index in [1.165, 1.54) is 30.0 Å². The summed E-state index contributed by atoms with van der Waals surface area (Å²) in [7, 11) is 0. The van der Waals surface area contributed by atoms with E-state index in [2.05, 4.69) is 15.9 Å². The van der Waals surface area contributed by atoms with Crippen molar-refractivity contribution in [1.82, 2.24) is 0 Å². The van der Waals surface area contributed by atoms with Crippen molar-refractivity contribution in [1.29, 1.82) is 5.26 Å². The second-order valence-corrected chi connectivity index (χ2v) is 6.29. The fourth-order valence-corrected chi connectivity index (χ4v) is 2.59. The van der Waals surface area contributed by atoms with Crippen molar-refractivity contribution in [3.05, 3.63) is 63.9 Å². The van der Waals surface area contributed by atoms with Crippen LogP contribution in [-0.2, 0) is 16.1 Å². The second kappa shape index (κ2) is 7.97. The molecule has 2 aromatic rings. The van der Waals surface area contributed by atoms with Crippen LogP contribution in [0.1, 0.15) is 11.1 Å². The van der Waals surface area contributed by atoms with E-state index in [-0.39, 0.29) is 17.9 Å². The summed E-state index contributed by atoms with van der Waals surface area (Å²) in [6.45, 7) is -0.179. The van der Waals surface area contributed by atoms with E-state index in [4.69, 9.17) is 10.00 Å². The Morgan fingerprint density at radius 3 is 2.68 bits per heavy atom. The minimum absolute atomic E-state index is 0.140. The Hall–Kier alpha value is -1.84. The summed E-state index contributed by atoms with van der Waals surface area (Å²) in [4.78, 5) is 12.6. The van der Waals surface area contributed by atoms with Gasteiger partial charge in [0.1, 0.15) is 12.4 Å². The van der Waals surface area contributed by atoms with E-state index in [9.17, 15) is 9.18 Å². The van der Waals surface area contributed by atoms with E-state index in [0.29, 0.717) is 5.56 Å². The molecule has 3 nitrogen and oxygen atoms in total. The lowest BCUT2D eigenvalue weighted by molar-refractivity contribution is -0.141. The number of nitriles is 1. The SMILES string of the molecule is N#Cc1ccc(F)c(COC(=O)CSc2ccc(Br)cc2)c1. The van der Waals surface area contributed by atoms with E-state index in [0.717, 1.165) is 9.37 Å². The first kappa shape index (κ1) is 16.5. The molecular weight excluding hydrogens is 369 g/mol. The predicted molar refractivity (Wildman–Crippen MR) is 85.8 cm³/mol. The zero-order chi connectivity index (χ0) is 15.9. The first-order valence-corrected chi connectivity index (χ1v) is 8.09. The minimum atomic E-state index is -0.493. The molecule has 2 aromatic carbocycles. The highest BCUT2D eigenvalue weighted by Gasteiger charge is 2.08. The van der Waals surface area contributed by atoms with E-state index in [1.807, 2.05) is 30.3 Å². The third-order valence-corrected chi connectivity index (χ3v) is 4.25. The molecule has 0 aliphatic carbocycles. The van der Waals surface area contributed by atoms with Gasteiger partial charge < -0.3 is 4.74 Å². The molecule has 112 valence electrons. The minimum Gasteiger partial charge on any atom is -0.460 e. The Morgan fingerprint density at radius 1 is 1.27 bits per heavy atom.